The van der Waals surface area contributed by atoms with Gasteiger partial charge in [-0.2, -0.15) is 18.3 Å². The molecule has 158 valence electrons. The maximum Gasteiger partial charge on any atom is 0.411 e. The number of carbonyl (C=O) groups excluding carboxylic acids is 1. The normalized spacial score (nSPS) is 11.4. The maximum atomic E-state index is 12.1. The van der Waals surface area contributed by atoms with E-state index in [1.54, 1.807) is 0 Å². The summed E-state index contributed by atoms with van der Waals surface area (Å²) in [7, 11) is 0. The van der Waals surface area contributed by atoms with Crippen molar-refractivity contribution in [2.75, 3.05) is 13.2 Å². The zero-order valence-electron chi connectivity index (χ0n) is 16.2. The van der Waals surface area contributed by atoms with Crippen LogP contribution in [0.4, 0.5) is 13.2 Å². The Bertz CT molecular complexity index is 941. The molecule has 0 spiro atoms. The molecule has 30 heavy (non-hydrogen) atoms. The highest BCUT2D eigenvalue weighted by Crippen LogP contribution is 2.22. The van der Waals surface area contributed by atoms with E-state index >= 15 is 0 Å². The molecule has 0 bridgehead atoms. The number of ether oxygens (including phenoxy) is 1. The molecule has 5 nitrogen and oxygen atoms in total. The highest BCUT2D eigenvalue weighted by atomic mass is 19.4. The number of carbonyl (C=O) groups is 1. The van der Waals surface area contributed by atoms with Crippen molar-refractivity contribution in [2.24, 2.45) is 0 Å². The molecular formula is C22H22F3N3O2. The van der Waals surface area contributed by atoms with Crippen LogP contribution in [0, 0.1) is 0 Å². The number of benzene rings is 2. The van der Waals surface area contributed by atoms with Crippen LogP contribution >= 0.6 is 0 Å². The predicted octanol–water partition coefficient (Wildman–Crippen LogP) is 4.18. The fourth-order valence-electron chi connectivity index (χ4n) is 2.92. The lowest BCUT2D eigenvalue weighted by Gasteiger charge is -2.08. The summed E-state index contributed by atoms with van der Waals surface area (Å²) in [6.45, 7) is -0.841. The van der Waals surface area contributed by atoms with E-state index in [0.717, 1.165) is 22.4 Å². The molecule has 0 saturated heterocycles. The Kier molecular flexibility index (Phi) is 7.24. The van der Waals surface area contributed by atoms with Crippen LogP contribution in [0.3, 0.4) is 0 Å². The van der Waals surface area contributed by atoms with Crippen LogP contribution in [0.2, 0.25) is 0 Å². The lowest BCUT2D eigenvalue weighted by molar-refractivity contribution is -0.174. The lowest BCUT2D eigenvalue weighted by Crippen LogP contribution is -2.25. The number of nitrogens with zero attached hydrogens (tertiary/aromatic N) is 2. The number of alkyl halides is 3. The topological polar surface area (TPSA) is 56.1 Å². The van der Waals surface area contributed by atoms with Crippen molar-refractivity contribution in [2.45, 2.75) is 25.7 Å². The molecule has 3 rings (SSSR count). The third-order valence-electron chi connectivity index (χ3n) is 4.29. The van der Waals surface area contributed by atoms with Crippen LogP contribution in [0.1, 0.15) is 17.5 Å². The Morgan fingerprint density at radius 3 is 2.37 bits per heavy atom. The van der Waals surface area contributed by atoms with Crippen LogP contribution in [0.25, 0.3) is 11.3 Å². The molecule has 1 N–H and O–H groups in total. The van der Waals surface area contributed by atoms with E-state index in [1.165, 1.54) is 0 Å². The minimum absolute atomic E-state index is 0.144. The van der Waals surface area contributed by atoms with Gasteiger partial charge in [-0.25, -0.2) is 0 Å². The first-order valence-electron chi connectivity index (χ1n) is 9.47. The summed E-state index contributed by atoms with van der Waals surface area (Å²) in [5, 5.41) is 7.40. The molecule has 3 aromatic rings. The van der Waals surface area contributed by atoms with E-state index in [-0.39, 0.29) is 25.5 Å². The van der Waals surface area contributed by atoms with Crippen LogP contribution in [-0.4, -0.2) is 35.1 Å². The minimum Gasteiger partial charge on any atom is -0.372 e. The molecule has 1 aromatic heterocycles. The number of hydrogen-bond donors (Lipinski definition) is 1. The predicted molar refractivity (Wildman–Crippen MR) is 107 cm³/mol. The molecule has 0 fully saturated rings. The fourth-order valence-corrected chi connectivity index (χ4v) is 2.92. The fraction of sp³-hybridized carbons (Fsp3) is 0.273. The van der Waals surface area contributed by atoms with Gasteiger partial charge in [-0.15, -0.1) is 0 Å². The molecule has 0 aliphatic carbocycles. The Hall–Kier alpha value is -3.13. The molecule has 1 heterocycles. The lowest BCUT2D eigenvalue weighted by atomic mass is 10.1. The maximum absolute atomic E-state index is 12.1. The second kappa shape index (κ2) is 10.1. The molecule has 0 aliphatic rings. The third kappa shape index (κ3) is 6.73. The van der Waals surface area contributed by atoms with E-state index in [9.17, 15) is 18.0 Å². The van der Waals surface area contributed by atoms with Gasteiger partial charge in [-0.05, 0) is 5.56 Å². The quantitative estimate of drug-likeness (QED) is 0.532. The van der Waals surface area contributed by atoms with Gasteiger partial charge in [0.25, 0.3) is 0 Å². The summed E-state index contributed by atoms with van der Waals surface area (Å²) in [6.07, 6.45) is -2.67. The van der Waals surface area contributed by atoms with E-state index in [4.69, 9.17) is 0 Å². The summed E-state index contributed by atoms with van der Waals surface area (Å²) in [6, 6.07) is 19.5. The van der Waals surface area contributed by atoms with Crippen molar-refractivity contribution in [1.29, 1.82) is 0 Å². The van der Waals surface area contributed by atoms with Crippen molar-refractivity contribution < 1.29 is 22.7 Å². The Morgan fingerprint density at radius 2 is 1.70 bits per heavy atom. The molecular weight excluding hydrogens is 395 g/mol. The molecule has 0 aliphatic heterocycles. The SMILES string of the molecule is O=C(CCOCC(F)(F)F)NCc1cn(Cc2ccccc2)nc1-c1ccccc1. The summed E-state index contributed by atoms with van der Waals surface area (Å²) >= 11 is 0. The number of halogens is 3. The van der Waals surface area contributed by atoms with Crippen molar-refractivity contribution in [3.63, 3.8) is 0 Å². The smallest absolute Gasteiger partial charge is 0.372 e. The molecule has 0 radical (unpaired) electrons. The van der Waals surface area contributed by atoms with Crippen LogP contribution in [-0.2, 0) is 22.6 Å². The monoisotopic (exact) mass is 417 g/mol. The molecule has 1 amide bonds. The number of hydrogen-bond acceptors (Lipinski definition) is 3. The molecule has 0 unspecified atom stereocenters. The molecule has 0 atom stereocenters. The highest BCUT2D eigenvalue weighted by Gasteiger charge is 2.27. The Labute approximate surface area is 172 Å². The van der Waals surface area contributed by atoms with Crippen LogP contribution in [0.5, 0.6) is 0 Å². The van der Waals surface area contributed by atoms with Gasteiger partial charge in [0.2, 0.25) is 5.91 Å². The van der Waals surface area contributed by atoms with E-state index in [1.807, 2.05) is 71.5 Å². The van der Waals surface area contributed by atoms with Gasteiger partial charge in [0.05, 0.1) is 18.8 Å². The van der Waals surface area contributed by atoms with Crippen molar-refractivity contribution in [3.8, 4) is 11.3 Å². The standard InChI is InChI=1S/C22H22F3N3O2/c23-22(24,25)16-30-12-11-20(29)26-13-19-15-28(14-17-7-3-1-4-8-17)27-21(19)18-9-5-2-6-10-18/h1-10,15H,11-14,16H2,(H,26,29). The number of amides is 1. The third-order valence-corrected chi connectivity index (χ3v) is 4.29. The average molecular weight is 417 g/mol. The van der Waals surface area contributed by atoms with Crippen molar-refractivity contribution in [3.05, 3.63) is 78.0 Å². The van der Waals surface area contributed by atoms with Gasteiger partial charge in [-0.3, -0.25) is 9.48 Å². The van der Waals surface area contributed by atoms with Gasteiger partial charge >= 0.3 is 6.18 Å². The molecule has 8 heteroatoms. The summed E-state index contributed by atoms with van der Waals surface area (Å²) < 4.78 is 42.5. The first-order valence-corrected chi connectivity index (χ1v) is 9.47. The van der Waals surface area contributed by atoms with E-state index in [0.29, 0.717) is 6.54 Å². The Balaban J connectivity index is 1.64. The first kappa shape index (κ1) is 21.6. The number of rotatable bonds is 9. The second-order valence-corrected chi connectivity index (χ2v) is 6.75. The Morgan fingerprint density at radius 1 is 1.03 bits per heavy atom. The number of aromatic nitrogens is 2. The molecule has 2 aromatic carbocycles. The zero-order valence-corrected chi connectivity index (χ0v) is 16.2. The molecule has 0 saturated carbocycles. The van der Waals surface area contributed by atoms with Gasteiger partial charge in [0.1, 0.15) is 6.61 Å². The van der Waals surface area contributed by atoms with Crippen molar-refractivity contribution in [1.82, 2.24) is 15.1 Å². The van der Waals surface area contributed by atoms with Gasteiger partial charge in [-0.1, -0.05) is 60.7 Å². The highest BCUT2D eigenvalue weighted by molar-refractivity contribution is 5.76. The summed E-state index contributed by atoms with van der Waals surface area (Å²) in [4.78, 5) is 12.0. The van der Waals surface area contributed by atoms with E-state index < -0.39 is 12.8 Å². The largest absolute Gasteiger partial charge is 0.411 e. The first-order chi connectivity index (χ1) is 14.4. The summed E-state index contributed by atoms with van der Waals surface area (Å²) in [5.41, 5.74) is 3.58. The zero-order chi connectivity index (χ0) is 21.4. The van der Waals surface area contributed by atoms with Crippen LogP contribution in [0.15, 0.2) is 66.9 Å². The second-order valence-electron chi connectivity index (χ2n) is 6.75. The summed E-state index contributed by atoms with van der Waals surface area (Å²) in [5.74, 6) is -0.382. The van der Waals surface area contributed by atoms with Gasteiger partial charge in [0.15, 0.2) is 0 Å². The van der Waals surface area contributed by atoms with Crippen molar-refractivity contribution >= 4 is 5.91 Å². The van der Waals surface area contributed by atoms with Gasteiger partial charge < -0.3 is 10.1 Å². The minimum atomic E-state index is -4.39. The number of nitrogens with one attached hydrogen (secondary N) is 1. The van der Waals surface area contributed by atoms with Crippen LogP contribution < -0.4 is 5.32 Å². The van der Waals surface area contributed by atoms with Gasteiger partial charge in [0, 0.05) is 30.3 Å². The van der Waals surface area contributed by atoms with E-state index in [2.05, 4.69) is 15.2 Å². The average Bonchev–Trinajstić information content (AvgIpc) is 3.13.